The fraction of sp³-hybridized carbons (Fsp3) is 0.160. The Morgan fingerprint density at radius 1 is 1.00 bits per heavy atom. The summed E-state index contributed by atoms with van der Waals surface area (Å²) in [5, 5.41) is 10.6. The third kappa shape index (κ3) is 2.95. The number of nitrogens with one attached hydrogen (secondary N) is 3. The Labute approximate surface area is 189 Å². The molecule has 33 heavy (non-hydrogen) atoms. The fourth-order valence-electron chi connectivity index (χ4n) is 4.58. The molecule has 0 bridgehead atoms. The summed E-state index contributed by atoms with van der Waals surface area (Å²) in [7, 11) is 1.67. The molecule has 6 rings (SSSR count). The molecule has 0 aliphatic rings. The van der Waals surface area contributed by atoms with Gasteiger partial charge < -0.3 is 24.5 Å². The second-order valence-electron chi connectivity index (χ2n) is 8.13. The number of hydrogen-bond acceptors (Lipinski definition) is 6. The molecule has 0 amide bonds. The Hall–Kier alpha value is -4.33. The van der Waals surface area contributed by atoms with E-state index >= 15 is 0 Å². The molecule has 164 valence electrons. The largest absolute Gasteiger partial charge is 0.496 e. The van der Waals surface area contributed by atoms with Crippen molar-refractivity contribution in [1.29, 1.82) is 0 Å². The van der Waals surface area contributed by atoms with E-state index in [0.29, 0.717) is 5.82 Å². The average Bonchev–Trinajstić information content (AvgIpc) is 3.49. The van der Waals surface area contributed by atoms with Crippen LogP contribution in [0, 0.1) is 20.8 Å². The summed E-state index contributed by atoms with van der Waals surface area (Å²) in [5.41, 5.74) is 6.41. The van der Waals surface area contributed by atoms with Crippen LogP contribution in [0.3, 0.4) is 0 Å². The van der Waals surface area contributed by atoms with E-state index in [4.69, 9.17) is 14.2 Å². The number of nitrogens with zero attached hydrogens (tertiary/aromatic N) is 3. The van der Waals surface area contributed by atoms with Gasteiger partial charge in [0.25, 0.3) is 0 Å². The van der Waals surface area contributed by atoms with Gasteiger partial charge in [0.1, 0.15) is 28.8 Å². The van der Waals surface area contributed by atoms with E-state index in [9.17, 15) is 0 Å². The summed E-state index contributed by atoms with van der Waals surface area (Å²) in [6.07, 6.45) is 1.93. The first-order valence-corrected chi connectivity index (χ1v) is 10.7. The lowest BCUT2D eigenvalue weighted by atomic mass is 10.0. The van der Waals surface area contributed by atoms with Crippen molar-refractivity contribution in [1.82, 2.24) is 25.1 Å². The highest BCUT2D eigenvalue weighted by atomic mass is 16.5. The van der Waals surface area contributed by atoms with Gasteiger partial charge in [-0.1, -0.05) is 11.2 Å². The number of ether oxygens (including phenoxy) is 1. The van der Waals surface area contributed by atoms with E-state index in [2.05, 4.69) is 37.6 Å². The van der Waals surface area contributed by atoms with Gasteiger partial charge in [-0.25, -0.2) is 9.97 Å². The highest BCUT2D eigenvalue weighted by molar-refractivity contribution is 6.13. The van der Waals surface area contributed by atoms with Gasteiger partial charge in [0.2, 0.25) is 0 Å². The number of methoxy groups -OCH3 is 1. The molecule has 8 nitrogen and oxygen atoms in total. The van der Waals surface area contributed by atoms with E-state index in [1.807, 2.05) is 51.2 Å². The number of H-pyrrole nitrogens is 2. The summed E-state index contributed by atoms with van der Waals surface area (Å²) in [5.74, 6) is 2.90. The topological polar surface area (TPSA) is 105 Å². The van der Waals surface area contributed by atoms with Crippen LogP contribution in [0.5, 0.6) is 5.75 Å². The lowest BCUT2D eigenvalue weighted by molar-refractivity contribution is 0.393. The van der Waals surface area contributed by atoms with Crippen molar-refractivity contribution >= 4 is 44.3 Å². The molecule has 0 unspecified atom stereocenters. The summed E-state index contributed by atoms with van der Waals surface area (Å²) >= 11 is 0. The number of benzene rings is 2. The van der Waals surface area contributed by atoms with Crippen molar-refractivity contribution < 1.29 is 9.26 Å². The third-order valence-corrected chi connectivity index (χ3v) is 6.03. The fourth-order valence-corrected chi connectivity index (χ4v) is 4.58. The minimum atomic E-state index is 0.677. The predicted molar refractivity (Wildman–Crippen MR) is 129 cm³/mol. The second-order valence-corrected chi connectivity index (χ2v) is 8.13. The Morgan fingerprint density at radius 3 is 2.67 bits per heavy atom. The Morgan fingerprint density at radius 2 is 1.88 bits per heavy atom. The van der Waals surface area contributed by atoms with E-state index in [1.54, 1.807) is 7.11 Å². The van der Waals surface area contributed by atoms with Crippen LogP contribution in [-0.2, 0) is 0 Å². The molecule has 3 N–H and O–H groups in total. The average molecular weight is 438 g/mol. The molecule has 0 radical (unpaired) electrons. The van der Waals surface area contributed by atoms with E-state index < -0.39 is 0 Å². The van der Waals surface area contributed by atoms with E-state index in [0.717, 1.165) is 72.7 Å². The number of aromatic amines is 2. The zero-order valence-electron chi connectivity index (χ0n) is 18.7. The van der Waals surface area contributed by atoms with E-state index in [1.165, 1.54) is 0 Å². The molecule has 0 saturated heterocycles. The minimum Gasteiger partial charge on any atom is -0.496 e. The van der Waals surface area contributed by atoms with Crippen LogP contribution in [0.1, 0.15) is 17.3 Å². The van der Waals surface area contributed by atoms with Gasteiger partial charge >= 0.3 is 0 Å². The van der Waals surface area contributed by atoms with Crippen LogP contribution in [0.25, 0.3) is 44.0 Å². The SMILES string of the molecule is COc1cc2c(cc1-c1c(C)noc1C)[nH]c1nc(C)nc(Nc3cccc4[nH]ccc34)c12. The van der Waals surface area contributed by atoms with Gasteiger partial charge in [0.05, 0.1) is 23.8 Å². The smallest absolute Gasteiger partial charge is 0.144 e. The number of anilines is 2. The van der Waals surface area contributed by atoms with Crippen LogP contribution < -0.4 is 10.1 Å². The molecule has 8 heteroatoms. The summed E-state index contributed by atoms with van der Waals surface area (Å²) in [4.78, 5) is 16.1. The third-order valence-electron chi connectivity index (χ3n) is 6.03. The van der Waals surface area contributed by atoms with Crippen LogP contribution in [0.4, 0.5) is 11.5 Å². The highest BCUT2D eigenvalue weighted by Gasteiger charge is 2.20. The number of rotatable bonds is 4. The number of fused-ring (bicyclic) bond motifs is 4. The molecule has 4 heterocycles. The number of hydrogen-bond donors (Lipinski definition) is 3. The van der Waals surface area contributed by atoms with Crippen molar-refractivity contribution in [2.45, 2.75) is 20.8 Å². The first-order valence-electron chi connectivity index (χ1n) is 10.7. The Kier molecular flexibility index (Phi) is 4.16. The van der Waals surface area contributed by atoms with Crippen molar-refractivity contribution in [3.8, 4) is 16.9 Å². The maximum absolute atomic E-state index is 5.79. The number of aromatic nitrogens is 5. The molecule has 0 spiro atoms. The molecule has 0 fully saturated rings. The van der Waals surface area contributed by atoms with Gasteiger partial charge in [-0.3, -0.25) is 0 Å². The molecule has 0 atom stereocenters. The van der Waals surface area contributed by atoms with E-state index in [-0.39, 0.29) is 0 Å². The first-order chi connectivity index (χ1) is 16.0. The first kappa shape index (κ1) is 19.4. The van der Waals surface area contributed by atoms with Gasteiger partial charge in [-0.2, -0.15) is 0 Å². The van der Waals surface area contributed by atoms with Crippen LogP contribution >= 0.6 is 0 Å². The summed E-state index contributed by atoms with van der Waals surface area (Å²) < 4.78 is 11.2. The maximum atomic E-state index is 5.79. The van der Waals surface area contributed by atoms with Gasteiger partial charge in [-0.05, 0) is 51.1 Å². The van der Waals surface area contributed by atoms with Gasteiger partial charge in [0, 0.05) is 39.3 Å². The molecule has 4 aromatic heterocycles. The van der Waals surface area contributed by atoms with Crippen molar-refractivity contribution in [3.63, 3.8) is 0 Å². The van der Waals surface area contributed by atoms with Gasteiger partial charge in [-0.15, -0.1) is 0 Å². The van der Waals surface area contributed by atoms with Crippen LogP contribution in [0.15, 0.2) is 47.1 Å². The highest BCUT2D eigenvalue weighted by Crippen LogP contribution is 2.41. The second kappa shape index (κ2) is 7.09. The molecule has 2 aromatic carbocycles. The van der Waals surface area contributed by atoms with Crippen LogP contribution in [0.2, 0.25) is 0 Å². The quantitative estimate of drug-likeness (QED) is 0.315. The van der Waals surface area contributed by atoms with Crippen molar-refractivity contribution in [2.75, 3.05) is 12.4 Å². The summed E-state index contributed by atoms with van der Waals surface area (Å²) in [6.45, 7) is 5.73. The molecule has 6 aromatic rings. The molecule has 0 aliphatic heterocycles. The maximum Gasteiger partial charge on any atom is 0.144 e. The number of aryl methyl sites for hydroxylation is 3. The van der Waals surface area contributed by atoms with Crippen molar-refractivity contribution in [3.05, 3.63) is 59.9 Å². The molecular formula is C25H22N6O2. The van der Waals surface area contributed by atoms with Crippen molar-refractivity contribution in [2.24, 2.45) is 0 Å². The predicted octanol–water partition coefficient (Wildman–Crippen LogP) is 5.92. The van der Waals surface area contributed by atoms with Gasteiger partial charge in [0.15, 0.2) is 0 Å². The molecule has 0 saturated carbocycles. The standard InChI is InChI=1S/C25H22N6O2/c1-12-22(13(2)33-31-12)17-10-20-16(11-21(17)32-4)23-24(27-14(3)28-25(23)30-20)29-19-7-5-6-18-15(19)8-9-26-18/h5-11,26H,1-4H3,(H2,27,28,29,30). The zero-order valence-corrected chi connectivity index (χ0v) is 18.7. The van der Waals surface area contributed by atoms with Crippen LogP contribution in [-0.4, -0.2) is 32.2 Å². The normalized spacial score (nSPS) is 11.6. The Bertz CT molecular complexity index is 1650. The monoisotopic (exact) mass is 438 g/mol. The lowest BCUT2D eigenvalue weighted by Crippen LogP contribution is -1.98. The Balaban J connectivity index is 1.60. The summed E-state index contributed by atoms with van der Waals surface area (Å²) in [6, 6.07) is 12.3. The zero-order chi connectivity index (χ0) is 22.7. The molecular weight excluding hydrogens is 416 g/mol. The molecule has 0 aliphatic carbocycles. The lowest BCUT2D eigenvalue weighted by Gasteiger charge is -2.11. The minimum absolute atomic E-state index is 0.677.